The largest absolute Gasteiger partial charge is 0.466 e. The molecule has 1 atom stereocenters. The maximum Gasteiger partial charge on any atom is 0.330 e. The highest BCUT2D eigenvalue weighted by atomic mass is 35.5. The molecule has 0 bridgehead atoms. The zero-order valence-electron chi connectivity index (χ0n) is 12.5. The predicted molar refractivity (Wildman–Crippen MR) is 90.8 cm³/mol. The number of methoxy groups -OCH3 is 1. The molecule has 1 aliphatic heterocycles. The average molecular weight is 340 g/mol. The highest BCUT2D eigenvalue weighted by Crippen LogP contribution is 2.32. The first-order valence-electron chi connectivity index (χ1n) is 7.21. The van der Waals surface area contributed by atoms with E-state index in [-0.39, 0.29) is 5.97 Å². The van der Waals surface area contributed by atoms with Crippen molar-refractivity contribution in [1.82, 2.24) is 4.90 Å². The number of carbonyl (C=O) groups is 1. The van der Waals surface area contributed by atoms with E-state index in [2.05, 4.69) is 21.8 Å². The van der Waals surface area contributed by atoms with Crippen molar-refractivity contribution < 1.29 is 9.53 Å². The van der Waals surface area contributed by atoms with Crippen LogP contribution in [0.4, 0.5) is 0 Å². The number of esters is 1. The third-order valence-corrected chi connectivity index (χ3v) is 4.09. The number of ether oxygens (including phenoxy) is 1. The molecule has 1 heterocycles. The maximum atomic E-state index is 11.1. The third kappa shape index (κ3) is 4.87. The van der Waals surface area contributed by atoms with Gasteiger partial charge in [0.1, 0.15) is 4.49 Å². The first-order chi connectivity index (χ1) is 10.6. The van der Waals surface area contributed by atoms with E-state index in [0.717, 1.165) is 25.1 Å². The highest BCUT2D eigenvalue weighted by molar-refractivity contribution is 6.55. The second-order valence-electron chi connectivity index (χ2n) is 5.17. The molecule has 0 saturated carbocycles. The summed E-state index contributed by atoms with van der Waals surface area (Å²) in [5.41, 5.74) is 2.24. The average Bonchev–Trinajstić information content (AvgIpc) is 2.99. The summed E-state index contributed by atoms with van der Waals surface area (Å²) in [6.45, 7) is 1.81. The molecule has 118 valence electrons. The van der Waals surface area contributed by atoms with Crippen LogP contribution in [-0.2, 0) is 9.53 Å². The molecule has 0 radical (unpaired) electrons. The first kappa shape index (κ1) is 17.1. The minimum absolute atomic E-state index is 0.314. The highest BCUT2D eigenvalue weighted by Gasteiger charge is 2.24. The lowest BCUT2D eigenvalue weighted by molar-refractivity contribution is -0.134. The summed E-state index contributed by atoms with van der Waals surface area (Å²) >= 11 is 11.4. The molecule has 0 N–H and O–H groups in total. The lowest BCUT2D eigenvalue weighted by Gasteiger charge is -2.23. The van der Waals surface area contributed by atoms with Gasteiger partial charge in [0.15, 0.2) is 0 Å². The van der Waals surface area contributed by atoms with Gasteiger partial charge < -0.3 is 4.74 Å². The standard InChI is InChI=1S/C17H19Cl2NO2/c1-22-17(21)9-6-13-4-7-14(8-5-13)15-3-2-11-20(15)12-10-16(18)19/h4-10,15H,2-3,11-12H2,1H3/t15-/m0/s1. The molecule has 1 aliphatic rings. The summed E-state index contributed by atoms with van der Waals surface area (Å²) in [4.78, 5) is 13.5. The van der Waals surface area contributed by atoms with Crippen LogP contribution in [0.1, 0.15) is 30.0 Å². The van der Waals surface area contributed by atoms with Crippen LogP contribution in [0.25, 0.3) is 6.08 Å². The lowest BCUT2D eigenvalue weighted by atomic mass is 10.0. The first-order valence-corrected chi connectivity index (χ1v) is 7.97. The van der Waals surface area contributed by atoms with E-state index >= 15 is 0 Å². The van der Waals surface area contributed by atoms with E-state index in [9.17, 15) is 4.79 Å². The Labute approximate surface area is 141 Å². The van der Waals surface area contributed by atoms with Crippen LogP contribution in [0.5, 0.6) is 0 Å². The predicted octanol–water partition coefficient (Wildman–Crippen LogP) is 4.33. The Morgan fingerprint density at radius 2 is 2.09 bits per heavy atom. The Morgan fingerprint density at radius 3 is 2.73 bits per heavy atom. The van der Waals surface area contributed by atoms with Gasteiger partial charge in [0.2, 0.25) is 0 Å². The summed E-state index contributed by atoms with van der Waals surface area (Å²) < 4.78 is 4.89. The van der Waals surface area contributed by atoms with Gasteiger partial charge >= 0.3 is 5.97 Å². The molecule has 22 heavy (non-hydrogen) atoms. The van der Waals surface area contributed by atoms with Crippen molar-refractivity contribution in [2.45, 2.75) is 18.9 Å². The number of halogens is 2. The molecular formula is C17H19Cl2NO2. The summed E-state index contributed by atoms with van der Waals surface area (Å²) in [6.07, 6.45) is 7.30. The van der Waals surface area contributed by atoms with E-state index in [0.29, 0.717) is 10.5 Å². The molecule has 1 saturated heterocycles. The van der Waals surface area contributed by atoms with E-state index < -0.39 is 0 Å². The summed E-state index contributed by atoms with van der Waals surface area (Å²) in [5.74, 6) is -0.351. The minimum Gasteiger partial charge on any atom is -0.466 e. The smallest absolute Gasteiger partial charge is 0.330 e. The van der Waals surface area contributed by atoms with E-state index in [4.69, 9.17) is 23.2 Å². The molecule has 0 aromatic heterocycles. The molecule has 5 heteroatoms. The van der Waals surface area contributed by atoms with Gasteiger partial charge in [-0.2, -0.15) is 0 Å². The molecule has 0 unspecified atom stereocenters. The minimum atomic E-state index is -0.351. The van der Waals surface area contributed by atoms with Crippen molar-refractivity contribution in [1.29, 1.82) is 0 Å². The normalized spacial score (nSPS) is 18.6. The van der Waals surface area contributed by atoms with E-state index in [1.807, 2.05) is 18.2 Å². The Kier molecular flexibility index (Phi) is 6.49. The van der Waals surface area contributed by atoms with Crippen LogP contribution in [0.3, 0.4) is 0 Å². The monoisotopic (exact) mass is 339 g/mol. The van der Waals surface area contributed by atoms with Crippen molar-refractivity contribution in [3.8, 4) is 0 Å². The Balaban J connectivity index is 2.04. The zero-order valence-corrected chi connectivity index (χ0v) is 14.0. The van der Waals surface area contributed by atoms with Gasteiger partial charge in [0.05, 0.1) is 7.11 Å². The van der Waals surface area contributed by atoms with Crippen molar-refractivity contribution in [3.05, 3.63) is 52.0 Å². The van der Waals surface area contributed by atoms with Crippen molar-refractivity contribution in [2.75, 3.05) is 20.2 Å². The van der Waals surface area contributed by atoms with E-state index in [1.54, 1.807) is 6.08 Å². The quantitative estimate of drug-likeness (QED) is 0.590. The molecule has 0 amide bonds. The number of hydrogen-bond donors (Lipinski definition) is 0. The van der Waals surface area contributed by atoms with Crippen LogP contribution in [0.2, 0.25) is 0 Å². The van der Waals surface area contributed by atoms with Crippen LogP contribution >= 0.6 is 23.2 Å². The van der Waals surface area contributed by atoms with Crippen LogP contribution in [-0.4, -0.2) is 31.1 Å². The molecule has 2 rings (SSSR count). The summed E-state index contributed by atoms with van der Waals surface area (Å²) in [7, 11) is 1.37. The third-order valence-electron chi connectivity index (χ3n) is 3.78. The van der Waals surface area contributed by atoms with Crippen molar-refractivity contribution >= 4 is 35.2 Å². The molecular weight excluding hydrogens is 321 g/mol. The number of rotatable bonds is 5. The van der Waals surface area contributed by atoms with Gasteiger partial charge in [-0.1, -0.05) is 47.5 Å². The van der Waals surface area contributed by atoms with Crippen LogP contribution in [0.15, 0.2) is 40.9 Å². The molecule has 1 aromatic rings. The van der Waals surface area contributed by atoms with Crippen molar-refractivity contribution in [3.63, 3.8) is 0 Å². The number of nitrogens with zero attached hydrogens (tertiary/aromatic N) is 1. The molecule has 0 spiro atoms. The van der Waals surface area contributed by atoms with Crippen LogP contribution in [0, 0.1) is 0 Å². The summed E-state index contributed by atoms with van der Waals surface area (Å²) in [5, 5.41) is 0. The Bertz CT molecular complexity index is 563. The number of hydrogen-bond acceptors (Lipinski definition) is 3. The van der Waals surface area contributed by atoms with Gasteiger partial charge in [-0.05, 0) is 42.7 Å². The maximum absolute atomic E-state index is 11.1. The van der Waals surface area contributed by atoms with Gasteiger partial charge in [-0.25, -0.2) is 4.79 Å². The van der Waals surface area contributed by atoms with Gasteiger partial charge in [-0.3, -0.25) is 4.90 Å². The lowest BCUT2D eigenvalue weighted by Crippen LogP contribution is -2.23. The second-order valence-corrected chi connectivity index (χ2v) is 6.18. The van der Waals surface area contributed by atoms with E-state index in [1.165, 1.54) is 25.2 Å². The number of benzene rings is 1. The fourth-order valence-corrected chi connectivity index (χ4v) is 2.81. The molecule has 0 aliphatic carbocycles. The topological polar surface area (TPSA) is 29.5 Å². The number of likely N-dealkylation sites (tertiary alicyclic amines) is 1. The van der Waals surface area contributed by atoms with Gasteiger partial charge in [-0.15, -0.1) is 0 Å². The van der Waals surface area contributed by atoms with Gasteiger partial charge in [0.25, 0.3) is 0 Å². The molecule has 3 nitrogen and oxygen atoms in total. The second kappa shape index (κ2) is 8.37. The number of carbonyl (C=O) groups excluding carboxylic acids is 1. The summed E-state index contributed by atoms with van der Waals surface area (Å²) in [6, 6.07) is 8.62. The fourth-order valence-electron chi connectivity index (χ4n) is 2.67. The zero-order chi connectivity index (χ0) is 15.9. The molecule has 1 aromatic carbocycles. The van der Waals surface area contributed by atoms with Gasteiger partial charge in [0, 0.05) is 18.7 Å². The Morgan fingerprint density at radius 1 is 1.36 bits per heavy atom. The Hall–Kier alpha value is -1.29. The SMILES string of the molecule is COC(=O)C=Cc1ccc([C@@H]2CCCN2CC=C(Cl)Cl)cc1. The molecule has 1 fully saturated rings. The fraction of sp³-hybridized carbons (Fsp3) is 0.353. The van der Waals surface area contributed by atoms with Crippen molar-refractivity contribution in [2.24, 2.45) is 0 Å². The van der Waals surface area contributed by atoms with Crippen LogP contribution < -0.4 is 0 Å².